The molecule has 0 aliphatic rings. The molecule has 1 aromatic carbocycles. The topological polar surface area (TPSA) is 25.2 Å². The summed E-state index contributed by atoms with van der Waals surface area (Å²) in [4.78, 5) is 0. The van der Waals surface area contributed by atoms with E-state index in [9.17, 15) is 0 Å². The van der Waals surface area contributed by atoms with Crippen LogP contribution in [-0.2, 0) is 12.8 Å². The number of halogens is 2. The lowest BCUT2D eigenvalue weighted by Crippen LogP contribution is -2.19. The van der Waals surface area contributed by atoms with Gasteiger partial charge in [-0.1, -0.05) is 42.3 Å². The molecule has 2 nitrogen and oxygen atoms in total. The number of nitrogens with one attached hydrogen (secondary N) is 1. The average molecular weight is 298 g/mol. The van der Waals surface area contributed by atoms with E-state index in [1.807, 2.05) is 25.2 Å². The molecule has 4 heteroatoms. The van der Waals surface area contributed by atoms with E-state index in [2.05, 4.69) is 12.2 Å². The molecule has 2 rings (SSSR count). The van der Waals surface area contributed by atoms with Gasteiger partial charge >= 0.3 is 0 Å². The SMILES string of the molecule is CCc1occc1C(Cc1cccc(Cl)c1Cl)NC. The van der Waals surface area contributed by atoms with Crippen LogP contribution in [0.3, 0.4) is 0 Å². The van der Waals surface area contributed by atoms with Crippen LogP contribution in [0.15, 0.2) is 34.9 Å². The van der Waals surface area contributed by atoms with Crippen LogP contribution in [0.5, 0.6) is 0 Å². The Hall–Kier alpha value is -0.960. The molecule has 0 saturated heterocycles. The summed E-state index contributed by atoms with van der Waals surface area (Å²) in [6.07, 6.45) is 3.39. The highest BCUT2D eigenvalue weighted by Crippen LogP contribution is 2.30. The van der Waals surface area contributed by atoms with Gasteiger partial charge in [0, 0.05) is 18.0 Å². The van der Waals surface area contributed by atoms with Gasteiger partial charge in [0.1, 0.15) is 5.76 Å². The molecule has 1 aromatic heterocycles. The van der Waals surface area contributed by atoms with Gasteiger partial charge in [0.15, 0.2) is 0 Å². The minimum Gasteiger partial charge on any atom is -0.469 e. The fraction of sp³-hybridized carbons (Fsp3) is 0.333. The van der Waals surface area contributed by atoms with Gasteiger partial charge in [0.25, 0.3) is 0 Å². The van der Waals surface area contributed by atoms with Crippen molar-refractivity contribution in [2.75, 3.05) is 7.05 Å². The van der Waals surface area contributed by atoms with Crippen molar-refractivity contribution >= 4 is 23.2 Å². The van der Waals surface area contributed by atoms with Crippen molar-refractivity contribution in [1.29, 1.82) is 0 Å². The van der Waals surface area contributed by atoms with Crippen LogP contribution in [0.25, 0.3) is 0 Å². The van der Waals surface area contributed by atoms with Crippen molar-refractivity contribution in [3.8, 4) is 0 Å². The lowest BCUT2D eigenvalue weighted by Gasteiger charge is -2.17. The first kappa shape index (κ1) is 14.4. The summed E-state index contributed by atoms with van der Waals surface area (Å²) in [5.41, 5.74) is 2.22. The minimum absolute atomic E-state index is 0.171. The van der Waals surface area contributed by atoms with E-state index in [1.165, 1.54) is 5.56 Å². The van der Waals surface area contributed by atoms with Crippen LogP contribution in [0.4, 0.5) is 0 Å². The van der Waals surface area contributed by atoms with Gasteiger partial charge in [-0.25, -0.2) is 0 Å². The number of rotatable bonds is 5. The summed E-state index contributed by atoms with van der Waals surface area (Å²) >= 11 is 12.3. The summed E-state index contributed by atoms with van der Waals surface area (Å²) < 4.78 is 5.49. The van der Waals surface area contributed by atoms with Gasteiger partial charge in [-0.15, -0.1) is 0 Å². The van der Waals surface area contributed by atoms with Crippen molar-refractivity contribution in [2.45, 2.75) is 25.8 Å². The molecule has 0 aliphatic carbocycles. The van der Waals surface area contributed by atoms with Gasteiger partial charge < -0.3 is 9.73 Å². The predicted octanol–water partition coefficient (Wildman–Crippen LogP) is 4.65. The molecule has 1 N–H and O–H groups in total. The van der Waals surface area contributed by atoms with Crippen LogP contribution in [0.1, 0.15) is 29.9 Å². The maximum atomic E-state index is 6.25. The Morgan fingerprint density at radius 1 is 1.26 bits per heavy atom. The fourth-order valence-electron chi connectivity index (χ4n) is 2.24. The highest BCUT2D eigenvalue weighted by atomic mass is 35.5. The maximum absolute atomic E-state index is 6.25. The van der Waals surface area contributed by atoms with Crippen molar-refractivity contribution in [3.63, 3.8) is 0 Å². The number of aryl methyl sites for hydroxylation is 1. The standard InChI is InChI=1S/C15H17Cl2NO/c1-3-14-11(7-8-19-14)13(18-2)9-10-5-4-6-12(16)15(10)17/h4-8,13,18H,3,9H2,1-2H3. The first-order valence-corrected chi connectivity index (χ1v) is 7.09. The monoisotopic (exact) mass is 297 g/mol. The van der Waals surface area contributed by atoms with E-state index in [4.69, 9.17) is 27.6 Å². The van der Waals surface area contributed by atoms with E-state index >= 15 is 0 Å². The van der Waals surface area contributed by atoms with Gasteiger partial charge in [0.05, 0.1) is 16.3 Å². The second-order valence-corrected chi connectivity index (χ2v) is 5.20. The van der Waals surface area contributed by atoms with Gasteiger partial charge in [-0.2, -0.15) is 0 Å². The van der Waals surface area contributed by atoms with E-state index in [0.717, 1.165) is 24.2 Å². The van der Waals surface area contributed by atoms with Crippen molar-refractivity contribution in [2.24, 2.45) is 0 Å². The van der Waals surface area contributed by atoms with Crippen LogP contribution in [-0.4, -0.2) is 7.05 Å². The van der Waals surface area contributed by atoms with Crippen LogP contribution in [0, 0.1) is 0 Å². The predicted molar refractivity (Wildman–Crippen MR) is 80.1 cm³/mol. The molecular formula is C15H17Cl2NO. The second kappa shape index (κ2) is 6.47. The van der Waals surface area contributed by atoms with Crippen molar-refractivity contribution < 1.29 is 4.42 Å². The zero-order chi connectivity index (χ0) is 13.8. The summed E-state index contributed by atoms with van der Waals surface area (Å²) in [5, 5.41) is 4.54. The van der Waals surface area contributed by atoms with Gasteiger partial charge in [-0.05, 0) is 31.2 Å². The van der Waals surface area contributed by atoms with E-state index in [1.54, 1.807) is 12.3 Å². The molecule has 1 atom stereocenters. The Bertz CT molecular complexity index is 551. The third-order valence-electron chi connectivity index (χ3n) is 3.28. The quantitative estimate of drug-likeness (QED) is 0.869. The Balaban J connectivity index is 2.27. The van der Waals surface area contributed by atoms with E-state index in [0.29, 0.717) is 10.0 Å². The molecular weight excluding hydrogens is 281 g/mol. The Morgan fingerprint density at radius 2 is 2.05 bits per heavy atom. The average Bonchev–Trinajstić information content (AvgIpc) is 2.88. The molecule has 0 aliphatic heterocycles. The molecule has 0 amide bonds. The largest absolute Gasteiger partial charge is 0.469 e. The summed E-state index contributed by atoms with van der Waals surface area (Å²) in [6, 6.07) is 7.91. The molecule has 0 radical (unpaired) electrons. The van der Waals surface area contributed by atoms with Crippen LogP contribution < -0.4 is 5.32 Å². The summed E-state index contributed by atoms with van der Waals surface area (Å²) in [6.45, 7) is 2.08. The first-order chi connectivity index (χ1) is 9.17. The number of furan rings is 1. The van der Waals surface area contributed by atoms with Crippen molar-refractivity contribution in [1.82, 2.24) is 5.32 Å². The first-order valence-electron chi connectivity index (χ1n) is 6.33. The highest BCUT2D eigenvalue weighted by molar-refractivity contribution is 6.42. The molecule has 0 fully saturated rings. The number of likely N-dealkylation sites (N-methyl/N-ethyl adjacent to an activating group) is 1. The third-order valence-corrected chi connectivity index (χ3v) is 4.14. The Kier molecular flexibility index (Phi) is 4.92. The van der Waals surface area contributed by atoms with Crippen LogP contribution in [0.2, 0.25) is 10.0 Å². The lowest BCUT2D eigenvalue weighted by molar-refractivity contribution is 0.495. The minimum atomic E-state index is 0.171. The zero-order valence-corrected chi connectivity index (χ0v) is 12.6. The molecule has 102 valence electrons. The highest BCUT2D eigenvalue weighted by Gasteiger charge is 2.17. The molecule has 0 spiro atoms. The van der Waals surface area contributed by atoms with E-state index in [-0.39, 0.29) is 6.04 Å². The molecule has 0 saturated carbocycles. The van der Waals surface area contributed by atoms with Crippen molar-refractivity contribution in [3.05, 3.63) is 57.5 Å². The maximum Gasteiger partial charge on any atom is 0.108 e. The molecule has 2 aromatic rings. The van der Waals surface area contributed by atoms with Crippen LogP contribution >= 0.6 is 23.2 Å². The van der Waals surface area contributed by atoms with E-state index < -0.39 is 0 Å². The smallest absolute Gasteiger partial charge is 0.108 e. The number of benzene rings is 1. The summed E-state index contributed by atoms with van der Waals surface area (Å²) in [5.74, 6) is 1.01. The third kappa shape index (κ3) is 3.14. The normalized spacial score (nSPS) is 12.6. The molecule has 19 heavy (non-hydrogen) atoms. The van der Waals surface area contributed by atoms with Gasteiger partial charge in [-0.3, -0.25) is 0 Å². The summed E-state index contributed by atoms with van der Waals surface area (Å²) in [7, 11) is 1.94. The fourth-order valence-corrected chi connectivity index (χ4v) is 2.64. The lowest BCUT2D eigenvalue weighted by atomic mass is 9.98. The zero-order valence-electron chi connectivity index (χ0n) is 11.0. The molecule has 0 bridgehead atoms. The molecule has 1 heterocycles. The Labute approximate surface area is 123 Å². The molecule has 1 unspecified atom stereocenters. The van der Waals surface area contributed by atoms with Gasteiger partial charge in [0.2, 0.25) is 0 Å². The number of hydrogen-bond acceptors (Lipinski definition) is 2. The number of hydrogen-bond donors (Lipinski definition) is 1. The Morgan fingerprint density at radius 3 is 2.74 bits per heavy atom. The second-order valence-electron chi connectivity index (χ2n) is 4.41.